The Labute approximate surface area is 94.7 Å². The van der Waals surface area contributed by atoms with Crippen LogP contribution in [0.5, 0.6) is 0 Å². The first-order valence-corrected chi connectivity index (χ1v) is 5.25. The number of rotatable bonds is 5. The molecule has 5 heteroatoms. The van der Waals surface area contributed by atoms with Gasteiger partial charge in [-0.2, -0.15) is 0 Å². The molecule has 0 spiro atoms. The van der Waals surface area contributed by atoms with Crippen molar-refractivity contribution in [3.05, 3.63) is 12.7 Å². The second-order valence-electron chi connectivity index (χ2n) is 4.05. The highest BCUT2D eigenvalue weighted by molar-refractivity contribution is 5.88. The molecule has 0 radical (unpaired) electrons. The molecule has 1 rings (SSSR count). The average molecular weight is 227 g/mol. The SMILES string of the molecule is C=CCN(CC(=O)O)C(=O)C1(C)CCCO1. The summed E-state index contributed by atoms with van der Waals surface area (Å²) in [7, 11) is 0. The predicted molar refractivity (Wildman–Crippen MR) is 58.0 cm³/mol. The molecule has 0 saturated carbocycles. The van der Waals surface area contributed by atoms with Crippen LogP contribution in [0.4, 0.5) is 0 Å². The maximum absolute atomic E-state index is 12.1. The van der Waals surface area contributed by atoms with Crippen molar-refractivity contribution in [2.24, 2.45) is 0 Å². The molecule has 16 heavy (non-hydrogen) atoms. The van der Waals surface area contributed by atoms with Crippen LogP contribution in [-0.2, 0) is 14.3 Å². The monoisotopic (exact) mass is 227 g/mol. The van der Waals surface area contributed by atoms with E-state index in [1.165, 1.54) is 11.0 Å². The zero-order chi connectivity index (χ0) is 12.2. The summed E-state index contributed by atoms with van der Waals surface area (Å²) in [4.78, 5) is 24.0. The lowest BCUT2D eigenvalue weighted by Gasteiger charge is -2.29. The summed E-state index contributed by atoms with van der Waals surface area (Å²) in [5.74, 6) is -1.30. The van der Waals surface area contributed by atoms with Crippen molar-refractivity contribution in [3.63, 3.8) is 0 Å². The van der Waals surface area contributed by atoms with E-state index in [1.54, 1.807) is 6.92 Å². The van der Waals surface area contributed by atoms with E-state index in [2.05, 4.69) is 6.58 Å². The summed E-state index contributed by atoms with van der Waals surface area (Å²) >= 11 is 0. The zero-order valence-corrected chi connectivity index (χ0v) is 9.44. The fraction of sp³-hybridized carbons (Fsp3) is 0.636. The molecule has 1 aliphatic rings. The Bertz CT molecular complexity index is 294. The van der Waals surface area contributed by atoms with E-state index >= 15 is 0 Å². The third-order valence-corrected chi connectivity index (χ3v) is 2.63. The molecule has 0 aromatic rings. The third-order valence-electron chi connectivity index (χ3n) is 2.63. The van der Waals surface area contributed by atoms with Gasteiger partial charge in [0.05, 0.1) is 0 Å². The molecule has 0 aromatic carbocycles. The van der Waals surface area contributed by atoms with E-state index in [9.17, 15) is 9.59 Å². The molecular weight excluding hydrogens is 210 g/mol. The number of aliphatic carboxylic acids is 1. The summed E-state index contributed by atoms with van der Waals surface area (Å²) in [5, 5.41) is 8.72. The summed E-state index contributed by atoms with van der Waals surface area (Å²) < 4.78 is 5.39. The van der Waals surface area contributed by atoms with Crippen molar-refractivity contribution in [2.75, 3.05) is 19.7 Å². The largest absolute Gasteiger partial charge is 0.480 e. The molecule has 0 aliphatic carbocycles. The molecule has 1 heterocycles. The second-order valence-corrected chi connectivity index (χ2v) is 4.05. The van der Waals surface area contributed by atoms with Gasteiger partial charge >= 0.3 is 5.97 Å². The first kappa shape index (κ1) is 12.7. The average Bonchev–Trinajstić information content (AvgIpc) is 2.64. The second kappa shape index (κ2) is 5.12. The first-order valence-electron chi connectivity index (χ1n) is 5.25. The van der Waals surface area contributed by atoms with Crippen LogP contribution < -0.4 is 0 Å². The number of carbonyl (C=O) groups excluding carboxylic acids is 1. The molecule has 1 saturated heterocycles. The van der Waals surface area contributed by atoms with Crippen LogP contribution in [-0.4, -0.2) is 47.2 Å². The normalized spacial score (nSPS) is 24.1. The van der Waals surface area contributed by atoms with Crippen molar-refractivity contribution in [1.29, 1.82) is 0 Å². The molecule has 1 unspecified atom stereocenters. The molecule has 1 amide bonds. The highest BCUT2D eigenvalue weighted by atomic mass is 16.5. The number of amides is 1. The Morgan fingerprint density at radius 2 is 2.31 bits per heavy atom. The van der Waals surface area contributed by atoms with Gasteiger partial charge in [0, 0.05) is 13.2 Å². The van der Waals surface area contributed by atoms with Crippen LogP contribution in [0.3, 0.4) is 0 Å². The third kappa shape index (κ3) is 2.82. The quantitative estimate of drug-likeness (QED) is 0.700. The Morgan fingerprint density at radius 3 is 2.75 bits per heavy atom. The van der Waals surface area contributed by atoms with Gasteiger partial charge in [-0.15, -0.1) is 6.58 Å². The minimum Gasteiger partial charge on any atom is -0.480 e. The van der Waals surface area contributed by atoms with Gasteiger partial charge in [0.1, 0.15) is 12.1 Å². The van der Waals surface area contributed by atoms with Crippen molar-refractivity contribution in [2.45, 2.75) is 25.4 Å². The van der Waals surface area contributed by atoms with Gasteiger partial charge in [0.25, 0.3) is 5.91 Å². The van der Waals surface area contributed by atoms with Crippen molar-refractivity contribution in [3.8, 4) is 0 Å². The van der Waals surface area contributed by atoms with E-state index in [-0.39, 0.29) is 19.0 Å². The number of nitrogens with zero attached hydrogens (tertiary/aromatic N) is 1. The summed E-state index contributed by atoms with van der Waals surface area (Å²) in [6.07, 6.45) is 2.98. The number of hydrogen-bond donors (Lipinski definition) is 1. The van der Waals surface area contributed by atoms with E-state index in [0.717, 1.165) is 6.42 Å². The molecule has 0 bridgehead atoms. The lowest BCUT2D eigenvalue weighted by Crippen LogP contribution is -2.48. The highest BCUT2D eigenvalue weighted by Gasteiger charge is 2.40. The van der Waals surface area contributed by atoms with E-state index < -0.39 is 11.6 Å². The number of carboxylic acids is 1. The van der Waals surface area contributed by atoms with Gasteiger partial charge in [0.2, 0.25) is 0 Å². The Hall–Kier alpha value is -1.36. The van der Waals surface area contributed by atoms with Crippen LogP contribution in [0.15, 0.2) is 12.7 Å². The van der Waals surface area contributed by atoms with Crippen LogP contribution in [0, 0.1) is 0 Å². The summed E-state index contributed by atoms with van der Waals surface area (Å²) in [6.45, 7) is 5.68. The van der Waals surface area contributed by atoms with Gasteiger partial charge in [0.15, 0.2) is 0 Å². The smallest absolute Gasteiger partial charge is 0.323 e. The van der Waals surface area contributed by atoms with Gasteiger partial charge in [-0.3, -0.25) is 9.59 Å². The van der Waals surface area contributed by atoms with Crippen molar-refractivity contribution < 1.29 is 19.4 Å². The van der Waals surface area contributed by atoms with Crippen LogP contribution in [0.1, 0.15) is 19.8 Å². The zero-order valence-electron chi connectivity index (χ0n) is 9.44. The summed E-state index contributed by atoms with van der Waals surface area (Å²) in [6, 6.07) is 0. The summed E-state index contributed by atoms with van der Waals surface area (Å²) in [5.41, 5.74) is -0.863. The Kier molecular flexibility index (Phi) is 4.06. The van der Waals surface area contributed by atoms with Crippen LogP contribution >= 0.6 is 0 Å². The molecule has 90 valence electrons. The Morgan fingerprint density at radius 1 is 1.62 bits per heavy atom. The van der Waals surface area contributed by atoms with Crippen molar-refractivity contribution in [1.82, 2.24) is 4.90 Å². The predicted octanol–water partition coefficient (Wildman–Crippen LogP) is 0.655. The van der Waals surface area contributed by atoms with Gasteiger partial charge in [-0.25, -0.2) is 0 Å². The molecular formula is C11H17NO4. The first-order chi connectivity index (χ1) is 7.49. The fourth-order valence-corrected chi connectivity index (χ4v) is 1.82. The standard InChI is InChI=1S/C11H17NO4/c1-3-6-12(8-9(13)14)10(15)11(2)5-4-7-16-11/h3H,1,4-8H2,2H3,(H,13,14). The maximum Gasteiger partial charge on any atom is 0.323 e. The van der Waals surface area contributed by atoms with Gasteiger partial charge in [-0.05, 0) is 19.8 Å². The minimum absolute atomic E-state index is 0.226. The molecule has 5 nitrogen and oxygen atoms in total. The van der Waals surface area contributed by atoms with E-state index in [4.69, 9.17) is 9.84 Å². The number of hydrogen-bond acceptors (Lipinski definition) is 3. The molecule has 1 aliphatic heterocycles. The topological polar surface area (TPSA) is 66.8 Å². The Balaban J connectivity index is 2.72. The number of carboxylic acid groups (broad SMARTS) is 1. The number of ether oxygens (including phenoxy) is 1. The lowest BCUT2D eigenvalue weighted by molar-refractivity contribution is -0.155. The minimum atomic E-state index is -1.03. The molecule has 1 atom stereocenters. The molecule has 1 N–H and O–H groups in total. The van der Waals surface area contributed by atoms with Gasteiger partial charge in [-0.1, -0.05) is 6.08 Å². The lowest BCUT2D eigenvalue weighted by atomic mass is 10.0. The van der Waals surface area contributed by atoms with E-state index in [0.29, 0.717) is 13.0 Å². The maximum atomic E-state index is 12.1. The highest BCUT2D eigenvalue weighted by Crippen LogP contribution is 2.27. The fourth-order valence-electron chi connectivity index (χ4n) is 1.82. The van der Waals surface area contributed by atoms with Crippen molar-refractivity contribution >= 4 is 11.9 Å². The van der Waals surface area contributed by atoms with Crippen LogP contribution in [0.25, 0.3) is 0 Å². The number of carbonyl (C=O) groups is 2. The molecule has 1 fully saturated rings. The van der Waals surface area contributed by atoms with Gasteiger partial charge < -0.3 is 14.7 Å². The molecule has 0 aromatic heterocycles. The van der Waals surface area contributed by atoms with E-state index in [1.807, 2.05) is 0 Å². The van der Waals surface area contributed by atoms with Crippen LogP contribution in [0.2, 0.25) is 0 Å².